The minimum atomic E-state index is -4.40. The Morgan fingerprint density at radius 2 is 1.80 bits per heavy atom. The van der Waals surface area contributed by atoms with Crippen molar-refractivity contribution in [1.82, 2.24) is 9.97 Å². The van der Waals surface area contributed by atoms with Crippen molar-refractivity contribution < 1.29 is 13.2 Å². The Labute approximate surface area is 114 Å². The lowest BCUT2D eigenvalue weighted by atomic mass is 10.1. The third-order valence-electron chi connectivity index (χ3n) is 3.61. The van der Waals surface area contributed by atoms with Gasteiger partial charge in [0.15, 0.2) is 5.82 Å². The standard InChI is InChI=1S/C15H13F3N2/c1-9-10-6-4-8-13(10)20-14(19-9)11-5-2-3-7-12(11)15(16,17)18/h2-3,5,7H,4,6,8H2,1H3. The zero-order valence-electron chi connectivity index (χ0n) is 11.0. The van der Waals surface area contributed by atoms with E-state index in [0.717, 1.165) is 42.3 Å². The minimum Gasteiger partial charge on any atom is -0.233 e. The van der Waals surface area contributed by atoms with Crippen LogP contribution in [0.15, 0.2) is 24.3 Å². The first-order valence-electron chi connectivity index (χ1n) is 6.50. The molecule has 0 radical (unpaired) electrons. The molecule has 1 aromatic carbocycles. The Balaban J connectivity index is 2.18. The normalized spacial score (nSPS) is 14.4. The highest BCUT2D eigenvalue weighted by Gasteiger charge is 2.34. The van der Waals surface area contributed by atoms with E-state index in [1.54, 1.807) is 6.07 Å². The number of aromatic nitrogens is 2. The molecular formula is C15H13F3N2. The first kappa shape index (κ1) is 13.1. The third kappa shape index (κ3) is 2.17. The first-order valence-corrected chi connectivity index (χ1v) is 6.50. The summed E-state index contributed by atoms with van der Waals surface area (Å²) in [6.07, 6.45) is -1.66. The molecule has 0 fully saturated rings. The van der Waals surface area contributed by atoms with Crippen molar-refractivity contribution in [2.24, 2.45) is 0 Å². The average molecular weight is 278 g/mol. The zero-order valence-corrected chi connectivity index (χ0v) is 11.0. The van der Waals surface area contributed by atoms with Crippen LogP contribution in [0, 0.1) is 6.92 Å². The lowest BCUT2D eigenvalue weighted by Crippen LogP contribution is -2.09. The molecule has 0 unspecified atom stereocenters. The SMILES string of the molecule is Cc1nc(-c2ccccc2C(F)(F)F)nc2c1CCC2. The summed E-state index contributed by atoms with van der Waals surface area (Å²) in [5, 5.41) is 0. The van der Waals surface area contributed by atoms with E-state index < -0.39 is 11.7 Å². The van der Waals surface area contributed by atoms with Crippen LogP contribution in [0.2, 0.25) is 0 Å². The highest BCUT2D eigenvalue weighted by molar-refractivity contribution is 5.62. The Morgan fingerprint density at radius 1 is 1.05 bits per heavy atom. The second kappa shape index (κ2) is 4.58. The van der Waals surface area contributed by atoms with Gasteiger partial charge in [0, 0.05) is 17.0 Å². The summed E-state index contributed by atoms with van der Waals surface area (Å²) < 4.78 is 39.2. The van der Waals surface area contributed by atoms with Crippen molar-refractivity contribution in [3.05, 3.63) is 46.8 Å². The van der Waals surface area contributed by atoms with E-state index in [0.29, 0.717) is 0 Å². The van der Waals surface area contributed by atoms with Crippen molar-refractivity contribution in [2.45, 2.75) is 32.4 Å². The molecule has 0 N–H and O–H groups in total. The lowest BCUT2D eigenvalue weighted by molar-refractivity contribution is -0.137. The molecule has 0 bridgehead atoms. The Hall–Kier alpha value is -1.91. The minimum absolute atomic E-state index is 0.0535. The summed E-state index contributed by atoms with van der Waals surface area (Å²) in [5.41, 5.74) is 2.15. The second-order valence-corrected chi connectivity index (χ2v) is 4.95. The molecule has 0 spiro atoms. The Kier molecular flexibility index (Phi) is 3.00. The fourth-order valence-corrected chi connectivity index (χ4v) is 2.67. The van der Waals surface area contributed by atoms with Crippen molar-refractivity contribution in [2.75, 3.05) is 0 Å². The maximum atomic E-state index is 13.1. The summed E-state index contributed by atoms with van der Waals surface area (Å²) in [7, 11) is 0. The quantitative estimate of drug-likeness (QED) is 0.789. The van der Waals surface area contributed by atoms with Gasteiger partial charge < -0.3 is 0 Å². The fourth-order valence-electron chi connectivity index (χ4n) is 2.67. The number of fused-ring (bicyclic) bond motifs is 1. The molecular weight excluding hydrogens is 265 g/mol. The van der Waals surface area contributed by atoms with Crippen molar-refractivity contribution >= 4 is 0 Å². The van der Waals surface area contributed by atoms with E-state index in [2.05, 4.69) is 9.97 Å². The fraction of sp³-hybridized carbons (Fsp3) is 0.333. The van der Waals surface area contributed by atoms with Crippen LogP contribution < -0.4 is 0 Å². The van der Waals surface area contributed by atoms with Crippen LogP contribution in [0.25, 0.3) is 11.4 Å². The number of nitrogens with zero attached hydrogens (tertiary/aromatic N) is 2. The van der Waals surface area contributed by atoms with Gasteiger partial charge in [-0.25, -0.2) is 9.97 Å². The number of halogens is 3. The molecule has 1 aromatic heterocycles. The molecule has 0 atom stereocenters. The number of alkyl halides is 3. The third-order valence-corrected chi connectivity index (χ3v) is 3.61. The van der Waals surface area contributed by atoms with Crippen LogP contribution in [0.3, 0.4) is 0 Å². The highest BCUT2D eigenvalue weighted by atomic mass is 19.4. The van der Waals surface area contributed by atoms with E-state index in [9.17, 15) is 13.2 Å². The van der Waals surface area contributed by atoms with Gasteiger partial charge in [0.25, 0.3) is 0 Å². The summed E-state index contributed by atoms with van der Waals surface area (Å²) in [6, 6.07) is 5.46. The number of benzene rings is 1. The van der Waals surface area contributed by atoms with E-state index >= 15 is 0 Å². The predicted molar refractivity (Wildman–Crippen MR) is 69.2 cm³/mol. The molecule has 1 aliphatic carbocycles. The predicted octanol–water partition coefficient (Wildman–Crippen LogP) is 3.96. The summed E-state index contributed by atoms with van der Waals surface area (Å²) in [5.74, 6) is 0.177. The van der Waals surface area contributed by atoms with E-state index in [-0.39, 0.29) is 11.4 Å². The molecule has 1 aliphatic rings. The largest absolute Gasteiger partial charge is 0.417 e. The molecule has 3 rings (SSSR count). The van der Waals surface area contributed by atoms with Gasteiger partial charge >= 0.3 is 6.18 Å². The topological polar surface area (TPSA) is 25.8 Å². The Bertz CT molecular complexity index is 663. The molecule has 0 aliphatic heterocycles. The molecule has 0 saturated carbocycles. The van der Waals surface area contributed by atoms with Crippen LogP contribution in [-0.4, -0.2) is 9.97 Å². The molecule has 2 aromatic rings. The smallest absolute Gasteiger partial charge is 0.233 e. The number of hydrogen-bond donors (Lipinski definition) is 0. The van der Waals surface area contributed by atoms with Gasteiger partial charge in [0.05, 0.1) is 5.56 Å². The molecule has 5 heteroatoms. The summed E-state index contributed by atoms with van der Waals surface area (Å²) >= 11 is 0. The van der Waals surface area contributed by atoms with Crippen LogP contribution in [0.5, 0.6) is 0 Å². The average Bonchev–Trinajstić information content (AvgIpc) is 2.86. The first-order chi connectivity index (χ1) is 9.47. The van der Waals surface area contributed by atoms with Gasteiger partial charge in [-0.2, -0.15) is 13.2 Å². The van der Waals surface area contributed by atoms with Crippen molar-refractivity contribution in [3.8, 4) is 11.4 Å². The van der Waals surface area contributed by atoms with Gasteiger partial charge in [-0.15, -0.1) is 0 Å². The van der Waals surface area contributed by atoms with Crippen LogP contribution >= 0.6 is 0 Å². The van der Waals surface area contributed by atoms with Gasteiger partial charge in [-0.3, -0.25) is 0 Å². The molecule has 2 nitrogen and oxygen atoms in total. The van der Waals surface area contributed by atoms with Crippen LogP contribution in [0.4, 0.5) is 13.2 Å². The zero-order chi connectivity index (χ0) is 14.3. The monoisotopic (exact) mass is 278 g/mol. The molecule has 1 heterocycles. The maximum Gasteiger partial charge on any atom is 0.417 e. The molecule has 0 saturated heterocycles. The molecule has 104 valence electrons. The van der Waals surface area contributed by atoms with E-state index in [4.69, 9.17) is 0 Å². The number of rotatable bonds is 1. The second-order valence-electron chi connectivity index (χ2n) is 4.95. The van der Waals surface area contributed by atoms with Crippen molar-refractivity contribution in [1.29, 1.82) is 0 Å². The van der Waals surface area contributed by atoms with Gasteiger partial charge in [0.1, 0.15) is 0 Å². The van der Waals surface area contributed by atoms with E-state index in [1.165, 1.54) is 12.1 Å². The summed E-state index contributed by atoms with van der Waals surface area (Å²) in [6.45, 7) is 1.84. The van der Waals surface area contributed by atoms with Crippen LogP contribution in [0.1, 0.15) is 28.9 Å². The molecule has 20 heavy (non-hydrogen) atoms. The lowest BCUT2D eigenvalue weighted by Gasteiger charge is -2.13. The van der Waals surface area contributed by atoms with E-state index in [1.807, 2.05) is 6.92 Å². The van der Waals surface area contributed by atoms with Crippen molar-refractivity contribution in [3.63, 3.8) is 0 Å². The Morgan fingerprint density at radius 3 is 2.55 bits per heavy atom. The highest BCUT2D eigenvalue weighted by Crippen LogP contribution is 2.36. The van der Waals surface area contributed by atoms with Gasteiger partial charge in [-0.1, -0.05) is 18.2 Å². The number of aryl methyl sites for hydroxylation is 2. The van der Waals surface area contributed by atoms with Crippen LogP contribution in [-0.2, 0) is 19.0 Å². The summed E-state index contributed by atoms with van der Waals surface area (Å²) in [4.78, 5) is 8.63. The number of hydrogen-bond acceptors (Lipinski definition) is 2. The van der Waals surface area contributed by atoms with Gasteiger partial charge in [0.2, 0.25) is 0 Å². The maximum absolute atomic E-state index is 13.1. The van der Waals surface area contributed by atoms with Gasteiger partial charge in [-0.05, 0) is 37.8 Å². The molecule has 0 amide bonds.